The Morgan fingerprint density at radius 3 is 2.33 bits per heavy atom. The van der Waals surface area contributed by atoms with Crippen molar-refractivity contribution >= 4 is 39.8 Å². The number of rotatable bonds is 15. The second-order valence-corrected chi connectivity index (χ2v) is 13.5. The van der Waals surface area contributed by atoms with Gasteiger partial charge in [-0.1, -0.05) is 105 Å². The molecule has 5 rings (SSSR count). The molecule has 0 aliphatic carbocycles. The minimum atomic E-state index is -0.959. The maximum Gasteiger partial charge on any atom is 0.336 e. The number of carbonyl (C=O) groups is 3. The number of imidazole rings is 1. The number of carboxylic acids is 1. The highest BCUT2D eigenvalue weighted by atomic mass is 32.2. The minimum absolute atomic E-state index is 0.0575. The molecule has 0 radical (unpaired) electrons. The van der Waals surface area contributed by atoms with Crippen LogP contribution in [0.15, 0.2) is 91.0 Å². The van der Waals surface area contributed by atoms with Crippen molar-refractivity contribution in [1.82, 2.24) is 14.9 Å². The molecule has 0 fully saturated rings. The van der Waals surface area contributed by atoms with Gasteiger partial charge in [-0.05, 0) is 72.2 Å². The fraction of sp³-hybridized carbons (Fsp3) is 0.300. The van der Waals surface area contributed by atoms with Gasteiger partial charge in [0.2, 0.25) is 5.12 Å². The monoisotopic (exact) mass is 676 g/mol. The van der Waals surface area contributed by atoms with Gasteiger partial charge >= 0.3 is 5.97 Å². The largest absolute Gasteiger partial charge is 0.478 e. The molecule has 49 heavy (non-hydrogen) atoms. The lowest BCUT2D eigenvalue weighted by atomic mass is 9.98. The van der Waals surface area contributed by atoms with Crippen LogP contribution in [0.2, 0.25) is 0 Å². The Balaban J connectivity index is 1.42. The van der Waals surface area contributed by atoms with E-state index in [-0.39, 0.29) is 22.6 Å². The van der Waals surface area contributed by atoms with Crippen LogP contribution in [0.1, 0.15) is 76.3 Å². The number of nitrogens with two attached hydrogens (primary N) is 1. The van der Waals surface area contributed by atoms with Crippen molar-refractivity contribution in [2.45, 2.75) is 71.5 Å². The third kappa shape index (κ3) is 8.85. The van der Waals surface area contributed by atoms with Gasteiger partial charge in [0.15, 0.2) is 0 Å². The Labute approximate surface area is 292 Å². The second-order valence-electron chi connectivity index (χ2n) is 12.5. The molecular weight excluding hydrogens is 633 g/mol. The molecule has 1 aromatic heterocycles. The van der Waals surface area contributed by atoms with Crippen LogP contribution >= 0.6 is 11.8 Å². The highest BCUT2D eigenvalue weighted by Gasteiger charge is 2.22. The van der Waals surface area contributed by atoms with Crippen LogP contribution < -0.4 is 11.1 Å². The average Bonchev–Trinajstić information content (AvgIpc) is 3.45. The summed E-state index contributed by atoms with van der Waals surface area (Å²) in [5.41, 5.74) is 13.1. The zero-order chi connectivity index (χ0) is 34.9. The van der Waals surface area contributed by atoms with Crippen LogP contribution in [0.25, 0.3) is 22.2 Å². The van der Waals surface area contributed by atoms with Gasteiger partial charge in [-0.3, -0.25) is 9.59 Å². The number of benzene rings is 4. The predicted octanol–water partition coefficient (Wildman–Crippen LogP) is 7.44. The maximum atomic E-state index is 13.9. The normalized spacial score (nSPS) is 12.5. The molecule has 2 atom stereocenters. The molecule has 0 unspecified atom stereocenters. The summed E-state index contributed by atoms with van der Waals surface area (Å²) in [4.78, 5) is 43.4. The van der Waals surface area contributed by atoms with Gasteiger partial charge in [-0.25, -0.2) is 9.78 Å². The Morgan fingerprint density at radius 2 is 1.63 bits per heavy atom. The Bertz CT molecular complexity index is 1920. The summed E-state index contributed by atoms with van der Waals surface area (Å²) < 4.78 is 2.17. The molecule has 1 heterocycles. The topological polar surface area (TPSA) is 127 Å². The predicted molar refractivity (Wildman–Crippen MR) is 198 cm³/mol. The SMILES string of the molecule is CCCc1nc2c(C)cc(C(=O)N[C@@H](CSC(=O)[C@@H](N)CCC)Cc3ccccc3)cc2n1Cc1ccc(-c2ccccc2C(=O)O)cc1. The molecule has 0 aliphatic heterocycles. The van der Waals surface area contributed by atoms with Crippen LogP contribution in [0.3, 0.4) is 0 Å². The molecular formula is C40H44N4O4S. The van der Waals surface area contributed by atoms with E-state index in [9.17, 15) is 19.5 Å². The molecule has 0 saturated heterocycles. The number of hydrogen-bond acceptors (Lipinski definition) is 6. The molecule has 8 nitrogen and oxygen atoms in total. The van der Waals surface area contributed by atoms with Gasteiger partial charge in [0.25, 0.3) is 5.91 Å². The van der Waals surface area contributed by atoms with E-state index in [0.717, 1.165) is 58.4 Å². The fourth-order valence-electron chi connectivity index (χ4n) is 6.09. The molecule has 254 valence electrons. The highest BCUT2D eigenvalue weighted by Crippen LogP contribution is 2.27. The third-order valence-corrected chi connectivity index (χ3v) is 9.77. The third-order valence-electron chi connectivity index (χ3n) is 8.61. The van der Waals surface area contributed by atoms with Gasteiger partial charge in [0.1, 0.15) is 5.82 Å². The molecule has 0 saturated carbocycles. The van der Waals surface area contributed by atoms with E-state index in [1.807, 2.05) is 92.7 Å². The van der Waals surface area contributed by atoms with Crippen molar-refractivity contribution in [2.75, 3.05) is 5.75 Å². The first kappa shape index (κ1) is 35.6. The van der Waals surface area contributed by atoms with Crippen molar-refractivity contribution in [3.63, 3.8) is 0 Å². The van der Waals surface area contributed by atoms with Crippen LogP contribution in [0.5, 0.6) is 0 Å². The molecule has 1 amide bonds. The first-order valence-corrected chi connectivity index (χ1v) is 17.8. The summed E-state index contributed by atoms with van der Waals surface area (Å²) >= 11 is 1.19. The van der Waals surface area contributed by atoms with Gasteiger partial charge in [-0.2, -0.15) is 0 Å². The highest BCUT2D eigenvalue weighted by molar-refractivity contribution is 8.13. The van der Waals surface area contributed by atoms with Crippen molar-refractivity contribution in [3.05, 3.63) is 125 Å². The summed E-state index contributed by atoms with van der Waals surface area (Å²) in [7, 11) is 0. The fourth-order valence-corrected chi connectivity index (χ4v) is 6.99. The van der Waals surface area contributed by atoms with Gasteiger partial charge in [0.05, 0.1) is 22.6 Å². The number of carbonyl (C=O) groups excluding carboxylic acids is 2. The number of hydrogen-bond donors (Lipinski definition) is 3. The number of thioether (sulfide) groups is 1. The molecule has 4 N–H and O–H groups in total. The van der Waals surface area contributed by atoms with Gasteiger partial charge in [0, 0.05) is 30.3 Å². The van der Waals surface area contributed by atoms with Crippen LogP contribution in [0, 0.1) is 6.92 Å². The first-order chi connectivity index (χ1) is 23.7. The van der Waals surface area contributed by atoms with Crippen LogP contribution in [-0.2, 0) is 24.2 Å². The van der Waals surface area contributed by atoms with E-state index in [2.05, 4.69) is 16.8 Å². The van der Waals surface area contributed by atoms with E-state index in [4.69, 9.17) is 10.7 Å². The Morgan fingerprint density at radius 1 is 0.918 bits per heavy atom. The van der Waals surface area contributed by atoms with Crippen LogP contribution in [0.4, 0.5) is 0 Å². The van der Waals surface area contributed by atoms with Crippen molar-refractivity contribution in [3.8, 4) is 11.1 Å². The lowest BCUT2D eigenvalue weighted by molar-refractivity contribution is -0.112. The number of aromatic carboxylic acids is 1. The average molecular weight is 677 g/mol. The molecule has 9 heteroatoms. The van der Waals surface area contributed by atoms with Crippen molar-refractivity contribution in [1.29, 1.82) is 0 Å². The van der Waals surface area contributed by atoms with Gasteiger partial charge in [-0.15, -0.1) is 0 Å². The number of amides is 1. The summed E-state index contributed by atoms with van der Waals surface area (Å²) in [6.07, 6.45) is 3.76. The van der Waals surface area contributed by atoms with E-state index in [1.54, 1.807) is 12.1 Å². The molecule has 5 aromatic rings. The molecule has 4 aromatic carbocycles. The Kier molecular flexibility index (Phi) is 12.0. The number of nitrogens with zero attached hydrogens (tertiary/aromatic N) is 2. The first-order valence-electron chi connectivity index (χ1n) is 16.9. The summed E-state index contributed by atoms with van der Waals surface area (Å²) in [5.74, 6) is 0.199. The molecule has 0 bridgehead atoms. The maximum absolute atomic E-state index is 13.9. The van der Waals surface area contributed by atoms with Crippen LogP contribution in [-0.4, -0.2) is 49.5 Å². The van der Waals surface area contributed by atoms with Crippen molar-refractivity contribution < 1.29 is 19.5 Å². The number of aryl methyl sites for hydroxylation is 2. The zero-order valence-corrected chi connectivity index (χ0v) is 29.1. The van der Waals surface area contributed by atoms with E-state index in [1.165, 1.54) is 11.8 Å². The minimum Gasteiger partial charge on any atom is -0.478 e. The number of nitrogens with one attached hydrogen (secondary N) is 1. The lowest BCUT2D eigenvalue weighted by Crippen LogP contribution is -2.39. The zero-order valence-electron chi connectivity index (χ0n) is 28.3. The number of aromatic nitrogens is 2. The second kappa shape index (κ2) is 16.6. The molecule has 0 spiro atoms. The van der Waals surface area contributed by atoms with Gasteiger partial charge < -0.3 is 20.7 Å². The lowest BCUT2D eigenvalue weighted by Gasteiger charge is -2.20. The molecule has 0 aliphatic rings. The summed E-state index contributed by atoms with van der Waals surface area (Å²) in [6, 6.07) is 27.9. The smallest absolute Gasteiger partial charge is 0.336 e. The van der Waals surface area contributed by atoms with Crippen molar-refractivity contribution in [2.24, 2.45) is 5.73 Å². The summed E-state index contributed by atoms with van der Waals surface area (Å²) in [6.45, 7) is 6.65. The quantitative estimate of drug-likeness (QED) is 0.105. The number of carboxylic acid groups (broad SMARTS) is 1. The number of fused-ring (bicyclic) bond motifs is 1. The van der Waals surface area contributed by atoms with E-state index >= 15 is 0 Å². The Hall–Kier alpha value is -4.73. The van der Waals surface area contributed by atoms with E-state index in [0.29, 0.717) is 36.3 Å². The van der Waals surface area contributed by atoms with E-state index < -0.39 is 12.0 Å². The standard InChI is InChI=1S/C40H44N4O4S/c1-4-11-34(41)40(48)49-25-31(22-27-13-7-6-8-14-27)42-38(45)30-21-26(3)37-35(23-30)44(36(43-37)12-5-2)24-28-17-19-29(20-18-28)32-15-9-10-16-33(32)39(46)47/h6-10,13-21,23,31,34H,4-5,11-12,22,24-25,41H2,1-3H3,(H,42,45)(H,46,47)/t31-,34+/m1/s1. The summed E-state index contributed by atoms with van der Waals surface area (Å²) in [5, 5.41) is 12.8.